The molecule has 0 aromatic heterocycles. The molecular formula is C13H16FN3O. The SMILES string of the molecule is CCNC(=O)C(C)NCc1cc(F)cc(C#N)c1. The van der Waals surface area contributed by atoms with E-state index < -0.39 is 5.82 Å². The van der Waals surface area contributed by atoms with Crippen molar-refractivity contribution in [2.75, 3.05) is 6.54 Å². The zero-order chi connectivity index (χ0) is 13.5. The molecule has 0 aliphatic heterocycles. The van der Waals surface area contributed by atoms with Crippen molar-refractivity contribution >= 4 is 5.91 Å². The molecule has 2 N–H and O–H groups in total. The summed E-state index contributed by atoms with van der Waals surface area (Å²) in [5, 5.41) is 14.4. The molecule has 18 heavy (non-hydrogen) atoms. The van der Waals surface area contributed by atoms with E-state index in [1.54, 1.807) is 13.0 Å². The van der Waals surface area contributed by atoms with Gasteiger partial charge in [0.15, 0.2) is 0 Å². The standard InChI is InChI=1S/C13H16FN3O/c1-3-16-13(18)9(2)17-8-11-4-10(7-15)5-12(14)6-11/h4-6,9,17H,3,8H2,1-2H3,(H,16,18). The Kier molecular flexibility index (Phi) is 5.28. The van der Waals surface area contributed by atoms with Gasteiger partial charge in [-0.05, 0) is 37.6 Å². The van der Waals surface area contributed by atoms with E-state index in [1.807, 2.05) is 13.0 Å². The Morgan fingerprint density at radius 1 is 1.50 bits per heavy atom. The lowest BCUT2D eigenvalue weighted by Crippen LogP contribution is -2.41. The van der Waals surface area contributed by atoms with Crippen molar-refractivity contribution in [1.82, 2.24) is 10.6 Å². The molecule has 1 aromatic carbocycles. The van der Waals surface area contributed by atoms with Crippen molar-refractivity contribution in [3.8, 4) is 6.07 Å². The highest BCUT2D eigenvalue weighted by Crippen LogP contribution is 2.08. The monoisotopic (exact) mass is 249 g/mol. The van der Waals surface area contributed by atoms with Crippen LogP contribution >= 0.6 is 0 Å². The number of hydrogen-bond acceptors (Lipinski definition) is 3. The van der Waals surface area contributed by atoms with Gasteiger partial charge in [0.1, 0.15) is 5.82 Å². The molecule has 0 heterocycles. The maximum atomic E-state index is 13.2. The molecule has 4 nitrogen and oxygen atoms in total. The Hall–Kier alpha value is -1.93. The Balaban J connectivity index is 2.61. The number of amides is 1. The molecule has 96 valence electrons. The van der Waals surface area contributed by atoms with Crippen LogP contribution < -0.4 is 10.6 Å². The van der Waals surface area contributed by atoms with E-state index in [0.717, 1.165) is 0 Å². The fourth-order valence-electron chi connectivity index (χ4n) is 1.51. The molecule has 0 saturated heterocycles. The van der Waals surface area contributed by atoms with E-state index in [2.05, 4.69) is 10.6 Å². The number of halogens is 1. The minimum absolute atomic E-state index is 0.102. The van der Waals surface area contributed by atoms with E-state index in [4.69, 9.17) is 5.26 Å². The smallest absolute Gasteiger partial charge is 0.236 e. The third-order valence-corrected chi connectivity index (χ3v) is 2.44. The summed E-state index contributed by atoms with van der Waals surface area (Å²) < 4.78 is 13.2. The number of carbonyl (C=O) groups is 1. The Morgan fingerprint density at radius 3 is 2.83 bits per heavy atom. The molecule has 0 radical (unpaired) electrons. The maximum absolute atomic E-state index is 13.2. The summed E-state index contributed by atoms with van der Waals surface area (Å²) in [6.45, 7) is 4.49. The third-order valence-electron chi connectivity index (χ3n) is 2.44. The zero-order valence-electron chi connectivity index (χ0n) is 10.5. The van der Waals surface area contributed by atoms with Gasteiger partial charge in [-0.25, -0.2) is 4.39 Å². The summed E-state index contributed by atoms with van der Waals surface area (Å²) in [6.07, 6.45) is 0. The second-order valence-corrected chi connectivity index (χ2v) is 3.96. The van der Waals surface area contributed by atoms with Crippen molar-refractivity contribution in [2.45, 2.75) is 26.4 Å². The van der Waals surface area contributed by atoms with Gasteiger partial charge < -0.3 is 10.6 Å². The highest BCUT2D eigenvalue weighted by atomic mass is 19.1. The van der Waals surface area contributed by atoms with Gasteiger partial charge in [-0.3, -0.25) is 4.79 Å². The number of nitriles is 1. The van der Waals surface area contributed by atoms with Gasteiger partial charge in [0, 0.05) is 13.1 Å². The molecule has 0 bridgehead atoms. The van der Waals surface area contributed by atoms with E-state index in [1.165, 1.54) is 12.1 Å². The Labute approximate surface area is 106 Å². The molecule has 1 amide bonds. The molecule has 0 fully saturated rings. The number of carbonyl (C=O) groups excluding carboxylic acids is 1. The fraction of sp³-hybridized carbons (Fsp3) is 0.385. The molecule has 1 aromatic rings. The number of rotatable bonds is 5. The van der Waals surface area contributed by atoms with Crippen LogP contribution in [0.25, 0.3) is 0 Å². The first-order valence-electron chi connectivity index (χ1n) is 5.77. The van der Waals surface area contributed by atoms with Crippen molar-refractivity contribution < 1.29 is 9.18 Å². The molecule has 0 saturated carbocycles. The maximum Gasteiger partial charge on any atom is 0.236 e. The van der Waals surface area contributed by atoms with Gasteiger partial charge >= 0.3 is 0 Å². The van der Waals surface area contributed by atoms with E-state index in [-0.39, 0.29) is 17.5 Å². The van der Waals surface area contributed by atoms with Gasteiger partial charge in [-0.1, -0.05) is 0 Å². The highest BCUT2D eigenvalue weighted by Gasteiger charge is 2.11. The lowest BCUT2D eigenvalue weighted by atomic mass is 10.1. The molecule has 1 unspecified atom stereocenters. The first-order valence-corrected chi connectivity index (χ1v) is 5.77. The van der Waals surface area contributed by atoms with Gasteiger partial charge in [0.05, 0.1) is 17.7 Å². The van der Waals surface area contributed by atoms with Crippen LogP contribution in [0.15, 0.2) is 18.2 Å². The lowest BCUT2D eigenvalue weighted by molar-refractivity contribution is -0.122. The second-order valence-electron chi connectivity index (χ2n) is 3.96. The van der Waals surface area contributed by atoms with Crippen LogP contribution in [0.2, 0.25) is 0 Å². The quantitative estimate of drug-likeness (QED) is 0.827. The Morgan fingerprint density at radius 2 is 2.22 bits per heavy atom. The highest BCUT2D eigenvalue weighted by molar-refractivity contribution is 5.81. The van der Waals surface area contributed by atoms with Crippen LogP contribution in [0.3, 0.4) is 0 Å². The average molecular weight is 249 g/mol. The minimum atomic E-state index is -0.448. The van der Waals surface area contributed by atoms with Crippen LogP contribution in [0.1, 0.15) is 25.0 Å². The zero-order valence-corrected chi connectivity index (χ0v) is 10.5. The molecule has 0 aliphatic carbocycles. The summed E-state index contributed by atoms with van der Waals surface area (Å²) in [5.41, 5.74) is 0.917. The summed E-state index contributed by atoms with van der Waals surface area (Å²) in [4.78, 5) is 11.5. The molecule has 5 heteroatoms. The fourth-order valence-corrected chi connectivity index (χ4v) is 1.51. The third kappa shape index (κ3) is 4.15. The average Bonchev–Trinajstić information content (AvgIpc) is 2.35. The van der Waals surface area contributed by atoms with Crippen LogP contribution in [0.5, 0.6) is 0 Å². The predicted molar refractivity (Wildman–Crippen MR) is 66.1 cm³/mol. The van der Waals surface area contributed by atoms with E-state index in [9.17, 15) is 9.18 Å². The molecular weight excluding hydrogens is 233 g/mol. The number of nitrogens with zero attached hydrogens (tertiary/aromatic N) is 1. The summed E-state index contributed by atoms with van der Waals surface area (Å²) in [6, 6.07) is 5.65. The summed E-state index contributed by atoms with van der Waals surface area (Å²) in [7, 11) is 0. The van der Waals surface area contributed by atoms with Crippen LogP contribution in [0, 0.1) is 17.1 Å². The van der Waals surface area contributed by atoms with Crippen molar-refractivity contribution in [1.29, 1.82) is 5.26 Å². The number of hydrogen-bond donors (Lipinski definition) is 2. The molecule has 1 rings (SSSR count). The Bertz CT molecular complexity index is 468. The number of nitrogens with one attached hydrogen (secondary N) is 2. The van der Waals surface area contributed by atoms with Crippen LogP contribution in [-0.4, -0.2) is 18.5 Å². The molecule has 0 aliphatic rings. The molecule has 0 spiro atoms. The lowest BCUT2D eigenvalue weighted by Gasteiger charge is -2.13. The summed E-state index contributed by atoms with van der Waals surface area (Å²) in [5.74, 6) is -0.550. The second kappa shape index (κ2) is 6.72. The van der Waals surface area contributed by atoms with Crippen molar-refractivity contribution in [3.05, 3.63) is 35.1 Å². The van der Waals surface area contributed by atoms with Gasteiger partial charge in [-0.2, -0.15) is 5.26 Å². The topological polar surface area (TPSA) is 64.9 Å². The van der Waals surface area contributed by atoms with Gasteiger partial charge in [0.2, 0.25) is 5.91 Å². The minimum Gasteiger partial charge on any atom is -0.355 e. The van der Waals surface area contributed by atoms with Crippen LogP contribution in [-0.2, 0) is 11.3 Å². The normalized spacial score (nSPS) is 11.7. The number of likely N-dealkylation sites (N-methyl/N-ethyl adjacent to an activating group) is 1. The van der Waals surface area contributed by atoms with Gasteiger partial charge in [-0.15, -0.1) is 0 Å². The largest absolute Gasteiger partial charge is 0.355 e. The number of benzene rings is 1. The first-order chi connectivity index (χ1) is 8.56. The van der Waals surface area contributed by atoms with Crippen LogP contribution in [0.4, 0.5) is 4.39 Å². The van der Waals surface area contributed by atoms with Crippen molar-refractivity contribution in [2.24, 2.45) is 0 Å². The van der Waals surface area contributed by atoms with Crippen molar-refractivity contribution in [3.63, 3.8) is 0 Å². The van der Waals surface area contributed by atoms with E-state index in [0.29, 0.717) is 18.7 Å². The van der Waals surface area contributed by atoms with E-state index >= 15 is 0 Å². The van der Waals surface area contributed by atoms with Gasteiger partial charge in [0.25, 0.3) is 0 Å². The molecule has 1 atom stereocenters. The summed E-state index contributed by atoms with van der Waals surface area (Å²) >= 11 is 0. The first kappa shape index (κ1) is 14.1. The predicted octanol–water partition coefficient (Wildman–Crippen LogP) is 1.31.